The second-order valence-corrected chi connectivity index (χ2v) is 2.86. The third-order valence-electron chi connectivity index (χ3n) is 1.75. The van der Waals surface area contributed by atoms with Crippen molar-refractivity contribution in [1.82, 2.24) is 4.98 Å². The van der Waals surface area contributed by atoms with Crippen molar-refractivity contribution < 1.29 is 23.1 Å². The lowest BCUT2D eigenvalue weighted by Gasteiger charge is -2.11. The third-order valence-corrected chi connectivity index (χ3v) is 1.75. The predicted molar refractivity (Wildman–Crippen MR) is 45.3 cm³/mol. The van der Waals surface area contributed by atoms with E-state index < -0.39 is 34.8 Å². The molecule has 15 heavy (non-hydrogen) atoms. The summed E-state index contributed by atoms with van der Waals surface area (Å²) in [4.78, 5) is 13.8. The quantitative estimate of drug-likeness (QED) is 0.755. The molecule has 0 unspecified atom stereocenters. The molecule has 0 aromatic carbocycles. The minimum Gasteiger partial charge on any atom is -0.476 e. The lowest BCUT2D eigenvalue weighted by Crippen LogP contribution is -2.14. The van der Waals surface area contributed by atoms with Gasteiger partial charge < -0.3 is 10.8 Å². The van der Waals surface area contributed by atoms with E-state index in [1.807, 2.05) is 0 Å². The number of halogens is 3. The fourth-order valence-electron chi connectivity index (χ4n) is 1.08. The molecule has 1 rings (SSSR count). The Morgan fingerprint density at radius 3 is 2.47 bits per heavy atom. The number of pyridine rings is 1. The number of nitrogen functional groups attached to an aromatic ring is 1. The number of nitrogens with zero attached hydrogens (tertiary/aromatic N) is 1. The number of aromatic carboxylic acids is 1. The summed E-state index contributed by atoms with van der Waals surface area (Å²) in [6, 6.07) is 0.575. The molecular formula is C8H7F3N2O2. The molecule has 0 atom stereocenters. The predicted octanol–water partition coefficient (Wildman–Crippen LogP) is 1.69. The van der Waals surface area contributed by atoms with Crippen LogP contribution in [0.5, 0.6) is 0 Å². The summed E-state index contributed by atoms with van der Waals surface area (Å²) in [7, 11) is 0. The molecule has 0 aliphatic carbocycles. The molecule has 0 fully saturated rings. The first-order valence-electron chi connectivity index (χ1n) is 3.81. The second-order valence-electron chi connectivity index (χ2n) is 2.86. The summed E-state index contributed by atoms with van der Waals surface area (Å²) >= 11 is 0. The second kappa shape index (κ2) is 3.41. The summed E-state index contributed by atoms with van der Waals surface area (Å²) in [5.74, 6) is -1.45. The van der Waals surface area contributed by atoms with Crippen molar-refractivity contribution in [3.8, 4) is 0 Å². The van der Waals surface area contributed by atoms with Crippen molar-refractivity contribution in [3.63, 3.8) is 0 Å². The van der Waals surface area contributed by atoms with Gasteiger partial charge >= 0.3 is 12.1 Å². The fraction of sp³-hybridized carbons (Fsp3) is 0.250. The van der Waals surface area contributed by atoms with Crippen molar-refractivity contribution >= 4 is 11.7 Å². The Hall–Kier alpha value is -1.79. The number of aromatic nitrogens is 1. The lowest BCUT2D eigenvalue weighted by molar-refractivity contribution is -0.138. The van der Waals surface area contributed by atoms with Crippen molar-refractivity contribution in [1.29, 1.82) is 0 Å². The standard InChI is InChI=1S/C8H7F3N2O2/c1-3-4(8(9,10)11)2-5(12)6(13-3)7(14)15/h2H,12H2,1H3,(H,14,15). The Balaban J connectivity index is 3.39. The number of carboxylic acids is 1. The van der Waals surface area contributed by atoms with Gasteiger partial charge in [-0.15, -0.1) is 0 Å². The highest BCUT2D eigenvalue weighted by Gasteiger charge is 2.34. The van der Waals surface area contributed by atoms with E-state index in [4.69, 9.17) is 10.8 Å². The van der Waals surface area contributed by atoms with Crippen LogP contribution in [0.1, 0.15) is 21.7 Å². The van der Waals surface area contributed by atoms with Crippen LogP contribution in [0.25, 0.3) is 0 Å². The van der Waals surface area contributed by atoms with Crippen LogP contribution in [0.4, 0.5) is 18.9 Å². The fourth-order valence-corrected chi connectivity index (χ4v) is 1.08. The molecule has 1 aromatic heterocycles. The number of alkyl halides is 3. The summed E-state index contributed by atoms with van der Waals surface area (Å²) in [5, 5.41) is 8.56. The zero-order valence-corrected chi connectivity index (χ0v) is 7.59. The molecule has 0 radical (unpaired) electrons. The largest absolute Gasteiger partial charge is 0.476 e. The smallest absolute Gasteiger partial charge is 0.418 e. The molecule has 0 saturated heterocycles. The SMILES string of the molecule is Cc1nc(C(=O)O)c(N)cc1C(F)(F)F. The minimum atomic E-state index is -4.58. The van der Waals surface area contributed by atoms with Crippen molar-refractivity contribution in [2.75, 3.05) is 5.73 Å². The van der Waals surface area contributed by atoms with Crippen molar-refractivity contribution in [2.45, 2.75) is 13.1 Å². The van der Waals surface area contributed by atoms with Crippen LogP contribution in [0.15, 0.2) is 6.07 Å². The molecule has 0 aliphatic rings. The lowest BCUT2D eigenvalue weighted by atomic mass is 10.1. The van der Waals surface area contributed by atoms with Crippen LogP contribution >= 0.6 is 0 Å². The van der Waals surface area contributed by atoms with Crippen LogP contribution < -0.4 is 5.73 Å². The molecule has 0 aliphatic heterocycles. The van der Waals surface area contributed by atoms with Gasteiger partial charge in [0, 0.05) is 0 Å². The molecule has 4 nitrogen and oxygen atoms in total. The highest BCUT2D eigenvalue weighted by atomic mass is 19.4. The number of hydrogen-bond acceptors (Lipinski definition) is 3. The number of aryl methyl sites for hydroxylation is 1. The van der Waals surface area contributed by atoms with Crippen LogP contribution in [0.2, 0.25) is 0 Å². The summed E-state index contributed by atoms with van der Waals surface area (Å²) in [6.45, 7) is 1.08. The number of hydrogen-bond donors (Lipinski definition) is 2. The first-order chi connectivity index (χ1) is 6.73. The van der Waals surface area contributed by atoms with Gasteiger partial charge in [-0.2, -0.15) is 13.2 Å². The zero-order chi connectivity index (χ0) is 11.8. The van der Waals surface area contributed by atoms with Crippen LogP contribution in [-0.4, -0.2) is 16.1 Å². The Labute approximate surface area is 82.5 Å². The van der Waals surface area contributed by atoms with Gasteiger partial charge in [-0.25, -0.2) is 9.78 Å². The molecule has 1 aromatic rings. The zero-order valence-electron chi connectivity index (χ0n) is 7.59. The maximum absolute atomic E-state index is 12.3. The van der Waals surface area contributed by atoms with Gasteiger partial charge in [0.1, 0.15) is 0 Å². The van der Waals surface area contributed by atoms with E-state index in [9.17, 15) is 18.0 Å². The van der Waals surface area contributed by atoms with E-state index in [1.165, 1.54) is 0 Å². The number of rotatable bonds is 1. The van der Waals surface area contributed by atoms with Gasteiger partial charge in [-0.1, -0.05) is 0 Å². The molecule has 0 amide bonds. The van der Waals surface area contributed by atoms with Gasteiger partial charge in [0.25, 0.3) is 0 Å². The monoisotopic (exact) mass is 220 g/mol. The average molecular weight is 220 g/mol. The number of carboxylic acid groups (broad SMARTS) is 1. The summed E-state index contributed by atoms with van der Waals surface area (Å²) < 4.78 is 37.0. The van der Waals surface area contributed by atoms with Crippen LogP contribution in [-0.2, 0) is 6.18 Å². The molecule has 3 N–H and O–H groups in total. The Morgan fingerprint density at radius 2 is 2.07 bits per heavy atom. The Morgan fingerprint density at radius 1 is 1.53 bits per heavy atom. The molecule has 1 heterocycles. The molecule has 82 valence electrons. The number of carbonyl (C=O) groups is 1. The molecule has 7 heteroatoms. The van der Waals surface area contributed by atoms with Gasteiger partial charge in [-0.3, -0.25) is 0 Å². The topological polar surface area (TPSA) is 76.2 Å². The molecule has 0 bridgehead atoms. The molecular weight excluding hydrogens is 213 g/mol. The number of anilines is 1. The first-order valence-corrected chi connectivity index (χ1v) is 3.81. The van der Waals surface area contributed by atoms with Gasteiger partial charge in [0.05, 0.1) is 16.9 Å². The van der Waals surface area contributed by atoms with E-state index >= 15 is 0 Å². The van der Waals surface area contributed by atoms with Gasteiger partial charge in [0.15, 0.2) is 5.69 Å². The van der Waals surface area contributed by atoms with Gasteiger partial charge in [0.2, 0.25) is 0 Å². The normalized spacial score (nSPS) is 11.5. The Bertz CT molecular complexity index is 415. The van der Waals surface area contributed by atoms with Crippen molar-refractivity contribution in [3.05, 3.63) is 23.0 Å². The van der Waals surface area contributed by atoms with Gasteiger partial charge in [-0.05, 0) is 13.0 Å². The highest BCUT2D eigenvalue weighted by molar-refractivity contribution is 5.91. The highest BCUT2D eigenvalue weighted by Crippen LogP contribution is 2.32. The Kier molecular flexibility index (Phi) is 2.57. The van der Waals surface area contributed by atoms with E-state index in [-0.39, 0.29) is 0 Å². The minimum absolute atomic E-state index is 0.408. The molecule has 0 spiro atoms. The van der Waals surface area contributed by atoms with E-state index in [2.05, 4.69) is 4.98 Å². The summed E-state index contributed by atoms with van der Waals surface area (Å²) in [5.41, 5.74) is 2.64. The maximum atomic E-state index is 12.3. The van der Waals surface area contributed by atoms with E-state index in [0.717, 1.165) is 6.92 Å². The molecule has 0 saturated carbocycles. The van der Waals surface area contributed by atoms with Crippen molar-refractivity contribution in [2.24, 2.45) is 0 Å². The third kappa shape index (κ3) is 2.17. The van der Waals surface area contributed by atoms with Crippen LogP contribution in [0.3, 0.4) is 0 Å². The maximum Gasteiger partial charge on any atom is 0.418 e. The average Bonchev–Trinajstić information content (AvgIpc) is 2.06. The van der Waals surface area contributed by atoms with E-state index in [1.54, 1.807) is 0 Å². The number of nitrogens with two attached hydrogens (primary N) is 1. The first kappa shape index (κ1) is 11.3. The summed E-state index contributed by atoms with van der Waals surface area (Å²) in [6.07, 6.45) is -4.58. The van der Waals surface area contributed by atoms with E-state index in [0.29, 0.717) is 6.07 Å². The van der Waals surface area contributed by atoms with Crippen LogP contribution in [0, 0.1) is 6.92 Å².